The van der Waals surface area contributed by atoms with Crippen LogP contribution in [0, 0.1) is 17.0 Å². The number of thioether (sulfide) groups is 1. The van der Waals surface area contributed by atoms with Gasteiger partial charge in [-0.05, 0) is 19.1 Å². The summed E-state index contributed by atoms with van der Waals surface area (Å²) in [6.45, 7) is 6.41. The first-order valence-corrected chi connectivity index (χ1v) is 9.57. The van der Waals surface area contributed by atoms with Crippen molar-refractivity contribution in [3.8, 4) is 17.1 Å². The Morgan fingerprint density at radius 2 is 2.11 bits per heavy atom. The fraction of sp³-hybridized carbons (Fsp3) is 0.200. The number of benzene rings is 2. The van der Waals surface area contributed by atoms with Gasteiger partial charge in [0, 0.05) is 35.6 Å². The molecule has 0 saturated heterocycles. The average Bonchev–Trinajstić information content (AvgIpc) is 3.09. The summed E-state index contributed by atoms with van der Waals surface area (Å²) in [5.41, 5.74) is 2.88. The van der Waals surface area contributed by atoms with Crippen molar-refractivity contribution in [2.45, 2.75) is 24.4 Å². The summed E-state index contributed by atoms with van der Waals surface area (Å²) in [6, 6.07) is 12.6. The number of hydrogen-bond acceptors (Lipinski definition) is 6. The minimum Gasteiger partial charge on any atom is -0.496 e. The highest BCUT2D eigenvalue weighted by atomic mass is 32.2. The zero-order valence-corrected chi connectivity index (χ0v) is 16.5. The molecule has 0 aliphatic heterocycles. The van der Waals surface area contributed by atoms with Crippen molar-refractivity contribution in [2.24, 2.45) is 0 Å². The first-order chi connectivity index (χ1) is 13.5. The Kier molecular flexibility index (Phi) is 6.10. The van der Waals surface area contributed by atoms with Gasteiger partial charge in [0.1, 0.15) is 5.75 Å². The molecule has 28 heavy (non-hydrogen) atoms. The third-order valence-corrected chi connectivity index (χ3v) is 5.15. The molecule has 0 atom stereocenters. The highest BCUT2D eigenvalue weighted by Crippen LogP contribution is 2.32. The first-order valence-electron chi connectivity index (χ1n) is 8.58. The summed E-state index contributed by atoms with van der Waals surface area (Å²) in [7, 11) is 1.55. The van der Waals surface area contributed by atoms with Gasteiger partial charge < -0.3 is 4.74 Å². The molecule has 7 nitrogen and oxygen atoms in total. The van der Waals surface area contributed by atoms with Crippen molar-refractivity contribution in [1.82, 2.24) is 14.8 Å². The standard InChI is InChI=1S/C20H20N4O3S/c1-4-10-23-19(15-7-5-6-14(2)11-15)21-22-20(23)28-13-16-12-17(24(25)26)8-9-18(16)27-3/h4-9,11-12H,1,10,13H2,2-3H3. The molecule has 0 spiro atoms. The molecule has 3 rings (SSSR count). The number of hydrogen-bond donors (Lipinski definition) is 0. The van der Waals surface area contributed by atoms with E-state index in [0.29, 0.717) is 23.2 Å². The number of nitro groups is 1. The minimum atomic E-state index is -0.413. The zero-order valence-electron chi connectivity index (χ0n) is 15.7. The van der Waals surface area contributed by atoms with Crippen LogP contribution in [0.5, 0.6) is 5.75 Å². The Bertz CT molecular complexity index is 1020. The summed E-state index contributed by atoms with van der Waals surface area (Å²) < 4.78 is 7.32. The second-order valence-electron chi connectivity index (χ2n) is 6.12. The van der Waals surface area contributed by atoms with Gasteiger partial charge in [0.05, 0.1) is 12.0 Å². The third kappa shape index (κ3) is 4.23. The van der Waals surface area contributed by atoms with Gasteiger partial charge in [-0.25, -0.2) is 0 Å². The van der Waals surface area contributed by atoms with E-state index in [-0.39, 0.29) is 5.69 Å². The number of nitro benzene ring substituents is 1. The lowest BCUT2D eigenvalue weighted by Gasteiger charge is -2.10. The molecule has 0 bridgehead atoms. The molecule has 0 fully saturated rings. The molecule has 1 heterocycles. The van der Waals surface area contributed by atoms with Crippen molar-refractivity contribution < 1.29 is 9.66 Å². The summed E-state index contributed by atoms with van der Waals surface area (Å²) in [5.74, 6) is 1.83. The molecule has 0 amide bonds. The van der Waals surface area contributed by atoms with E-state index in [9.17, 15) is 10.1 Å². The van der Waals surface area contributed by atoms with Gasteiger partial charge in [0.2, 0.25) is 0 Å². The van der Waals surface area contributed by atoms with Crippen LogP contribution < -0.4 is 4.74 Å². The third-order valence-electron chi connectivity index (χ3n) is 4.14. The van der Waals surface area contributed by atoms with E-state index >= 15 is 0 Å². The summed E-state index contributed by atoms with van der Waals surface area (Å²) in [6.07, 6.45) is 1.79. The van der Waals surface area contributed by atoms with E-state index in [1.807, 2.05) is 29.7 Å². The normalized spacial score (nSPS) is 10.6. The molecule has 3 aromatic rings. The number of ether oxygens (including phenoxy) is 1. The maximum atomic E-state index is 11.1. The second kappa shape index (κ2) is 8.71. The van der Waals surface area contributed by atoms with Crippen molar-refractivity contribution in [1.29, 1.82) is 0 Å². The topological polar surface area (TPSA) is 83.1 Å². The number of aryl methyl sites for hydroxylation is 1. The second-order valence-corrected chi connectivity index (χ2v) is 7.06. The molecule has 0 radical (unpaired) electrons. The largest absolute Gasteiger partial charge is 0.496 e. The fourth-order valence-corrected chi connectivity index (χ4v) is 3.75. The lowest BCUT2D eigenvalue weighted by molar-refractivity contribution is -0.384. The van der Waals surface area contributed by atoms with Crippen LogP contribution in [0.15, 0.2) is 60.3 Å². The van der Waals surface area contributed by atoms with Gasteiger partial charge in [0.25, 0.3) is 5.69 Å². The fourth-order valence-electron chi connectivity index (χ4n) is 2.82. The van der Waals surface area contributed by atoms with Crippen molar-refractivity contribution in [2.75, 3.05) is 7.11 Å². The average molecular weight is 396 g/mol. The Hall–Kier alpha value is -3.13. The highest BCUT2D eigenvalue weighted by molar-refractivity contribution is 7.98. The van der Waals surface area contributed by atoms with Crippen LogP contribution in [0.1, 0.15) is 11.1 Å². The van der Waals surface area contributed by atoms with Gasteiger partial charge in [-0.3, -0.25) is 14.7 Å². The van der Waals surface area contributed by atoms with Gasteiger partial charge >= 0.3 is 0 Å². The number of rotatable bonds is 8. The monoisotopic (exact) mass is 396 g/mol. The maximum absolute atomic E-state index is 11.1. The van der Waals surface area contributed by atoms with Crippen molar-refractivity contribution in [3.63, 3.8) is 0 Å². The number of allylic oxidation sites excluding steroid dienone is 1. The molecule has 8 heteroatoms. The van der Waals surface area contributed by atoms with E-state index in [4.69, 9.17) is 4.74 Å². The molecule has 0 aliphatic rings. The predicted octanol–water partition coefficient (Wildman–Crippen LogP) is 4.65. The van der Waals surface area contributed by atoms with E-state index < -0.39 is 4.92 Å². The predicted molar refractivity (Wildman–Crippen MR) is 110 cm³/mol. The Morgan fingerprint density at radius 3 is 2.79 bits per heavy atom. The van der Waals surface area contributed by atoms with Crippen molar-refractivity contribution >= 4 is 17.4 Å². The molecule has 0 unspecified atom stereocenters. The molecule has 0 N–H and O–H groups in total. The zero-order chi connectivity index (χ0) is 20.1. The molecule has 144 valence electrons. The molecular weight excluding hydrogens is 376 g/mol. The maximum Gasteiger partial charge on any atom is 0.270 e. The van der Waals surface area contributed by atoms with Crippen LogP contribution in [-0.2, 0) is 12.3 Å². The Balaban J connectivity index is 1.90. The molecule has 2 aromatic carbocycles. The minimum absolute atomic E-state index is 0.0319. The van der Waals surface area contributed by atoms with Gasteiger partial charge in [0.15, 0.2) is 11.0 Å². The van der Waals surface area contributed by atoms with Crippen LogP contribution in [0.3, 0.4) is 0 Å². The summed E-state index contributed by atoms with van der Waals surface area (Å²) in [4.78, 5) is 10.7. The van der Waals surface area contributed by atoms with Gasteiger partial charge in [-0.15, -0.1) is 16.8 Å². The smallest absolute Gasteiger partial charge is 0.270 e. The van der Waals surface area contributed by atoms with Crippen LogP contribution >= 0.6 is 11.8 Å². The molecule has 0 aliphatic carbocycles. The van der Waals surface area contributed by atoms with Crippen LogP contribution in [-0.4, -0.2) is 26.8 Å². The van der Waals surface area contributed by atoms with E-state index in [2.05, 4.69) is 22.8 Å². The van der Waals surface area contributed by atoms with Crippen LogP contribution in [0.25, 0.3) is 11.4 Å². The molecule has 0 saturated carbocycles. The number of methoxy groups -OCH3 is 1. The van der Waals surface area contributed by atoms with E-state index in [1.54, 1.807) is 19.3 Å². The van der Waals surface area contributed by atoms with Gasteiger partial charge in [-0.2, -0.15) is 0 Å². The highest BCUT2D eigenvalue weighted by Gasteiger charge is 2.16. The van der Waals surface area contributed by atoms with Crippen LogP contribution in [0.2, 0.25) is 0 Å². The number of nitrogens with zero attached hydrogens (tertiary/aromatic N) is 4. The molecular formula is C20H20N4O3S. The lowest BCUT2D eigenvalue weighted by Crippen LogP contribution is -2.01. The Morgan fingerprint density at radius 1 is 1.29 bits per heavy atom. The Labute approximate surface area is 167 Å². The van der Waals surface area contributed by atoms with Crippen LogP contribution in [0.4, 0.5) is 5.69 Å². The van der Waals surface area contributed by atoms with E-state index in [0.717, 1.165) is 22.5 Å². The summed E-state index contributed by atoms with van der Waals surface area (Å²) >= 11 is 1.45. The van der Waals surface area contributed by atoms with Gasteiger partial charge in [-0.1, -0.05) is 41.6 Å². The van der Waals surface area contributed by atoms with Crippen molar-refractivity contribution in [3.05, 3.63) is 76.4 Å². The lowest BCUT2D eigenvalue weighted by atomic mass is 10.1. The number of non-ortho nitro benzene ring substituents is 1. The van der Waals surface area contributed by atoms with E-state index in [1.165, 1.54) is 23.9 Å². The molecule has 1 aromatic heterocycles. The number of aromatic nitrogens is 3. The SMILES string of the molecule is C=CCn1c(SCc2cc([N+](=O)[O-])ccc2OC)nnc1-c1cccc(C)c1. The summed E-state index contributed by atoms with van der Waals surface area (Å²) in [5, 5.41) is 20.5. The quantitative estimate of drug-likeness (QED) is 0.239. The first kappa shape index (κ1) is 19.6.